The first kappa shape index (κ1) is 17.0. The monoisotopic (exact) mass is 252 g/mol. The normalized spacial score (nSPS) is 10.9. The Labute approximate surface area is 112 Å². The average Bonchev–Trinajstić information content (AvgIpc) is 2.33. The van der Waals surface area contributed by atoms with Gasteiger partial charge in [0.1, 0.15) is 0 Å². The molecule has 0 aromatic heterocycles. The molecule has 0 spiro atoms. The van der Waals surface area contributed by atoms with Gasteiger partial charge in [0, 0.05) is 0 Å². The van der Waals surface area contributed by atoms with Crippen molar-refractivity contribution in [1.29, 1.82) is 0 Å². The van der Waals surface area contributed by atoms with Crippen LogP contribution in [0.5, 0.6) is 0 Å². The molecule has 0 atom stereocenters. The molecule has 0 fully saturated rings. The maximum Gasteiger partial charge on any atom is 0.306 e. The van der Waals surface area contributed by atoms with Crippen molar-refractivity contribution in [1.82, 2.24) is 0 Å². The van der Waals surface area contributed by atoms with Crippen molar-refractivity contribution in [3.8, 4) is 0 Å². The Hall–Kier alpha value is -1.01. The fraction of sp³-hybridized carbons (Fsp3) is 0.750. The summed E-state index contributed by atoms with van der Waals surface area (Å²) in [6.07, 6.45) is 7.23. The summed E-state index contributed by atoms with van der Waals surface area (Å²) in [5, 5.41) is 0. The smallest absolute Gasteiger partial charge is 0.306 e. The second-order valence-electron chi connectivity index (χ2n) is 5.65. The van der Waals surface area contributed by atoms with Crippen LogP contribution in [0.15, 0.2) is 17.9 Å². The van der Waals surface area contributed by atoms with Crippen LogP contribution in [0, 0.1) is 5.41 Å². The number of rotatable bonds is 9. The summed E-state index contributed by atoms with van der Waals surface area (Å²) in [5.74, 6) is -0.130. The van der Waals surface area contributed by atoms with Crippen molar-refractivity contribution in [2.75, 3.05) is 7.11 Å². The number of esters is 1. The molecule has 0 aromatic rings. The van der Waals surface area contributed by atoms with Crippen molar-refractivity contribution < 1.29 is 9.53 Å². The molecule has 18 heavy (non-hydrogen) atoms. The second-order valence-corrected chi connectivity index (χ2v) is 5.65. The van der Waals surface area contributed by atoms with Gasteiger partial charge in [-0.3, -0.25) is 4.79 Å². The Kier molecular flexibility index (Phi) is 8.49. The van der Waals surface area contributed by atoms with Crippen molar-refractivity contribution in [3.05, 3.63) is 17.9 Å². The number of methoxy groups -OCH3 is 1. The van der Waals surface area contributed by atoms with Crippen LogP contribution in [0.4, 0.5) is 0 Å². The summed E-state index contributed by atoms with van der Waals surface area (Å²) in [6, 6.07) is 0. The lowest BCUT2D eigenvalue weighted by molar-refractivity contribution is -0.143. The maximum absolute atomic E-state index is 11.3. The van der Waals surface area contributed by atoms with Gasteiger partial charge in [0.05, 0.1) is 13.5 Å². The summed E-state index contributed by atoms with van der Waals surface area (Å²) in [5.41, 5.74) is 4.33. The van der Waals surface area contributed by atoms with Crippen LogP contribution in [-0.2, 0) is 9.53 Å². The number of hydrogen-bond donors (Lipinski definition) is 0. The number of hydrogen-bond acceptors (Lipinski definition) is 2. The molecular formula is C16H28O2. The summed E-state index contributed by atoms with van der Waals surface area (Å²) in [7, 11) is 1.44. The molecule has 2 nitrogen and oxygen atoms in total. The van der Waals surface area contributed by atoms with E-state index < -0.39 is 0 Å². The maximum atomic E-state index is 11.3. The Morgan fingerprint density at radius 2 is 1.94 bits per heavy atom. The lowest BCUT2D eigenvalue weighted by atomic mass is 9.82. The average molecular weight is 252 g/mol. The van der Waals surface area contributed by atoms with E-state index in [-0.39, 0.29) is 11.4 Å². The van der Waals surface area contributed by atoms with Crippen molar-refractivity contribution >= 4 is 5.97 Å². The third-order valence-corrected chi connectivity index (χ3v) is 3.29. The van der Waals surface area contributed by atoms with Gasteiger partial charge in [0.15, 0.2) is 0 Å². The number of ether oxygens (including phenoxy) is 1. The highest BCUT2D eigenvalue weighted by molar-refractivity contribution is 5.69. The first-order valence-electron chi connectivity index (χ1n) is 6.89. The van der Waals surface area contributed by atoms with E-state index in [1.807, 2.05) is 0 Å². The molecule has 0 N–H and O–H groups in total. The van der Waals surface area contributed by atoms with Gasteiger partial charge in [-0.05, 0) is 36.7 Å². The van der Waals surface area contributed by atoms with E-state index in [0.717, 1.165) is 19.3 Å². The van der Waals surface area contributed by atoms with Crippen LogP contribution in [0.25, 0.3) is 0 Å². The largest absolute Gasteiger partial charge is 0.469 e. The topological polar surface area (TPSA) is 26.3 Å². The van der Waals surface area contributed by atoms with Gasteiger partial charge in [-0.15, -0.1) is 5.73 Å². The van der Waals surface area contributed by atoms with E-state index >= 15 is 0 Å². The van der Waals surface area contributed by atoms with Crippen LogP contribution >= 0.6 is 0 Å². The molecule has 0 bridgehead atoms. The third-order valence-electron chi connectivity index (χ3n) is 3.29. The zero-order valence-electron chi connectivity index (χ0n) is 12.5. The number of unbranched alkanes of at least 4 members (excludes halogenated alkanes) is 2. The standard InChI is InChI=1S/C16H28O2/c1-6-8-9-10-14(7-2)11-12-16(3,4)13-15(17)18-5/h2,6,8-13H2,1,3-5H3. The predicted molar refractivity (Wildman–Crippen MR) is 76.4 cm³/mol. The third kappa shape index (κ3) is 8.14. The Morgan fingerprint density at radius 1 is 1.28 bits per heavy atom. The van der Waals surface area contributed by atoms with Crippen LogP contribution in [-0.4, -0.2) is 13.1 Å². The number of allylic oxidation sites excluding steroid dienone is 1. The fourth-order valence-electron chi connectivity index (χ4n) is 1.93. The van der Waals surface area contributed by atoms with E-state index in [1.54, 1.807) is 0 Å². The fourth-order valence-corrected chi connectivity index (χ4v) is 1.93. The van der Waals surface area contributed by atoms with Crippen LogP contribution < -0.4 is 0 Å². The van der Waals surface area contributed by atoms with Gasteiger partial charge in [0.2, 0.25) is 0 Å². The SMILES string of the molecule is C=C=C(CCCCC)CCC(C)(C)CC(=O)OC. The van der Waals surface area contributed by atoms with Crippen LogP contribution in [0.3, 0.4) is 0 Å². The summed E-state index contributed by atoms with van der Waals surface area (Å²) >= 11 is 0. The molecule has 0 rings (SSSR count). The van der Waals surface area contributed by atoms with E-state index in [4.69, 9.17) is 4.74 Å². The Balaban J connectivity index is 4.11. The van der Waals surface area contributed by atoms with Gasteiger partial charge in [0.25, 0.3) is 0 Å². The summed E-state index contributed by atoms with van der Waals surface area (Å²) < 4.78 is 4.72. The number of carbonyl (C=O) groups is 1. The van der Waals surface area contributed by atoms with E-state index in [9.17, 15) is 4.79 Å². The van der Waals surface area contributed by atoms with Crippen LogP contribution in [0.2, 0.25) is 0 Å². The van der Waals surface area contributed by atoms with E-state index in [2.05, 4.69) is 33.1 Å². The van der Waals surface area contributed by atoms with Gasteiger partial charge in [-0.1, -0.05) is 40.2 Å². The van der Waals surface area contributed by atoms with Crippen LogP contribution in [0.1, 0.15) is 65.7 Å². The Bertz CT molecular complexity index is 296. The quantitative estimate of drug-likeness (QED) is 0.339. The molecule has 2 heteroatoms. The molecule has 0 unspecified atom stereocenters. The molecule has 0 saturated carbocycles. The minimum absolute atomic E-state index is 0.0139. The molecule has 0 saturated heterocycles. The lowest BCUT2D eigenvalue weighted by Crippen LogP contribution is -2.18. The highest BCUT2D eigenvalue weighted by Crippen LogP contribution is 2.29. The molecule has 0 aromatic carbocycles. The first-order chi connectivity index (χ1) is 8.45. The molecule has 0 aliphatic rings. The highest BCUT2D eigenvalue weighted by atomic mass is 16.5. The van der Waals surface area contributed by atoms with Crippen molar-refractivity contribution in [3.63, 3.8) is 0 Å². The predicted octanol–water partition coefficient (Wildman–Crippen LogP) is 4.65. The zero-order valence-corrected chi connectivity index (χ0v) is 12.5. The molecule has 0 radical (unpaired) electrons. The number of carbonyl (C=O) groups excluding carboxylic acids is 1. The van der Waals surface area contributed by atoms with Gasteiger partial charge >= 0.3 is 5.97 Å². The van der Waals surface area contributed by atoms with Crippen molar-refractivity contribution in [2.24, 2.45) is 5.41 Å². The van der Waals surface area contributed by atoms with Crippen molar-refractivity contribution in [2.45, 2.75) is 65.7 Å². The summed E-state index contributed by atoms with van der Waals surface area (Å²) in [6.45, 7) is 10.2. The van der Waals surface area contributed by atoms with E-state index in [0.29, 0.717) is 6.42 Å². The Morgan fingerprint density at radius 3 is 2.44 bits per heavy atom. The lowest BCUT2D eigenvalue weighted by Gasteiger charge is -2.23. The molecule has 104 valence electrons. The highest BCUT2D eigenvalue weighted by Gasteiger charge is 2.22. The summed E-state index contributed by atoms with van der Waals surface area (Å²) in [4.78, 5) is 11.3. The molecule has 0 heterocycles. The molecule has 0 amide bonds. The molecule has 0 aliphatic carbocycles. The first-order valence-corrected chi connectivity index (χ1v) is 6.89. The second kappa shape index (κ2) is 8.99. The van der Waals surface area contributed by atoms with Gasteiger partial charge < -0.3 is 4.74 Å². The van der Waals surface area contributed by atoms with E-state index in [1.165, 1.54) is 31.9 Å². The zero-order chi connectivity index (χ0) is 14.0. The minimum Gasteiger partial charge on any atom is -0.469 e. The van der Waals surface area contributed by atoms with Gasteiger partial charge in [-0.25, -0.2) is 0 Å². The minimum atomic E-state index is -0.130. The molecular weight excluding hydrogens is 224 g/mol. The molecule has 0 aliphatic heterocycles. The van der Waals surface area contributed by atoms with Gasteiger partial charge in [-0.2, -0.15) is 0 Å².